The van der Waals surface area contributed by atoms with E-state index in [4.69, 9.17) is 5.73 Å². The normalized spacial score (nSPS) is 21.1. The third kappa shape index (κ3) is 3.86. The van der Waals surface area contributed by atoms with Gasteiger partial charge in [-0.2, -0.15) is 13.2 Å². The molecule has 4 rings (SSSR count). The lowest BCUT2D eigenvalue weighted by Crippen LogP contribution is -2.45. The minimum Gasteiger partial charge on any atom is -0.390 e. The van der Waals surface area contributed by atoms with Crippen molar-refractivity contribution >= 4 is 11.9 Å². The Morgan fingerprint density at radius 1 is 1.24 bits per heavy atom. The van der Waals surface area contributed by atoms with Crippen molar-refractivity contribution in [1.29, 1.82) is 0 Å². The summed E-state index contributed by atoms with van der Waals surface area (Å²) in [6.07, 6.45) is 0.572. The van der Waals surface area contributed by atoms with Crippen LogP contribution in [-0.2, 0) is 13.0 Å². The number of hydrogen-bond acceptors (Lipinski definition) is 5. The molecule has 1 aromatic heterocycles. The van der Waals surface area contributed by atoms with E-state index in [1.165, 1.54) is 17.3 Å². The van der Waals surface area contributed by atoms with Crippen LogP contribution in [0.2, 0.25) is 0 Å². The first-order valence-electron chi connectivity index (χ1n) is 9.62. The summed E-state index contributed by atoms with van der Waals surface area (Å²) < 4.78 is 37.1. The van der Waals surface area contributed by atoms with E-state index in [1.54, 1.807) is 0 Å². The third-order valence-corrected chi connectivity index (χ3v) is 6.09. The Kier molecular flexibility index (Phi) is 5.08. The van der Waals surface area contributed by atoms with Gasteiger partial charge in [-0.15, -0.1) is 0 Å². The first-order chi connectivity index (χ1) is 13.8. The van der Waals surface area contributed by atoms with Gasteiger partial charge in [-0.3, -0.25) is 0 Å². The van der Waals surface area contributed by atoms with Gasteiger partial charge in [0.05, 0.1) is 18.5 Å². The smallest absolute Gasteiger partial charge is 0.390 e. The Morgan fingerprint density at radius 2 is 1.97 bits per heavy atom. The van der Waals surface area contributed by atoms with Crippen LogP contribution in [0.5, 0.6) is 0 Å². The molecule has 1 fully saturated rings. The quantitative estimate of drug-likeness (QED) is 0.820. The second kappa shape index (κ2) is 7.42. The number of aromatic nitrogens is 2. The molecule has 1 saturated heterocycles. The summed E-state index contributed by atoms with van der Waals surface area (Å²) in [5.41, 5.74) is 9.49. The number of anilines is 1. The molecule has 2 aromatic rings. The van der Waals surface area contributed by atoms with Gasteiger partial charge in [0, 0.05) is 25.2 Å². The highest BCUT2D eigenvalue weighted by Gasteiger charge is 2.46. The van der Waals surface area contributed by atoms with E-state index < -0.39 is 6.18 Å². The van der Waals surface area contributed by atoms with Crippen molar-refractivity contribution < 1.29 is 18.3 Å². The number of alkyl halides is 3. The van der Waals surface area contributed by atoms with E-state index in [9.17, 15) is 18.3 Å². The van der Waals surface area contributed by atoms with E-state index in [2.05, 4.69) is 22.1 Å². The van der Waals surface area contributed by atoms with Gasteiger partial charge in [0.2, 0.25) is 0 Å². The molecule has 1 aliphatic heterocycles. The molecule has 8 heteroatoms. The van der Waals surface area contributed by atoms with Crippen LogP contribution < -0.4 is 10.6 Å². The van der Waals surface area contributed by atoms with Gasteiger partial charge in [0.25, 0.3) is 0 Å². The summed E-state index contributed by atoms with van der Waals surface area (Å²) in [6, 6.07) is 8.30. The molecule has 154 valence electrons. The summed E-state index contributed by atoms with van der Waals surface area (Å²) in [5, 5.41) is 9.67. The minimum atomic E-state index is -4.42. The van der Waals surface area contributed by atoms with Gasteiger partial charge >= 0.3 is 6.18 Å². The molecule has 2 heterocycles. The van der Waals surface area contributed by atoms with Gasteiger partial charge in [0.15, 0.2) is 5.82 Å². The number of halogens is 3. The number of fused-ring (bicyclic) bond motifs is 1. The van der Waals surface area contributed by atoms with Crippen LogP contribution in [0.1, 0.15) is 41.4 Å². The molecule has 1 aliphatic carbocycles. The first kappa shape index (κ1) is 19.8. The Hall–Kier alpha value is -2.45. The maximum absolute atomic E-state index is 12.4. The number of allylic oxidation sites excluding steroid dienone is 1. The highest BCUT2D eigenvalue weighted by atomic mass is 19.4. The van der Waals surface area contributed by atoms with Gasteiger partial charge in [-0.1, -0.05) is 24.3 Å². The van der Waals surface area contributed by atoms with Crippen molar-refractivity contribution in [2.45, 2.75) is 38.1 Å². The molecule has 3 N–H and O–H groups in total. The molecule has 0 bridgehead atoms. The number of hydrogen-bond donors (Lipinski definition) is 2. The number of benzene rings is 1. The lowest BCUT2D eigenvalue weighted by Gasteiger charge is -2.42. The van der Waals surface area contributed by atoms with Gasteiger partial charge in [0.1, 0.15) is 5.69 Å². The SMILES string of the molecule is N[C@@H]1c2ccccc2CC12CCN(c1ncc(/C=C\C(F)(F)F)nc1CO)CC2. The number of nitrogens with zero attached hydrogens (tertiary/aromatic N) is 3. The molecule has 0 saturated carbocycles. The number of piperidine rings is 1. The second-order valence-electron chi connectivity index (χ2n) is 7.80. The summed E-state index contributed by atoms with van der Waals surface area (Å²) in [4.78, 5) is 10.5. The monoisotopic (exact) mass is 404 g/mol. The molecule has 0 unspecified atom stereocenters. The van der Waals surface area contributed by atoms with Crippen LogP contribution >= 0.6 is 0 Å². The number of nitrogens with two attached hydrogens (primary N) is 1. The zero-order valence-corrected chi connectivity index (χ0v) is 15.9. The summed E-state index contributed by atoms with van der Waals surface area (Å²) >= 11 is 0. The Labute approximate surface area is 167 Å². The molecule has 29 heavy (non-hydrogen) atoms. The third-order valence-electron chi connectivity index (χ3n) is 6.09. The fourth-order valence-electron chi connectivity index (χ4n) is 4.54. The maximum atomic E-state index is 12.4. The number of aliphatic hydroxyl groups is 1. The standard InChI is InChI=1S/C21H23F3N4O/c22-21(23,24)6-5-15-12-26-19(17(13-29)27-15)28-9-7-20(8-10-28)11-14-3-1-2-4-16(14)18(20)25/h1-6,12,18,29H,7-11,13,25H2/b6-5-/t18-/m1/s1. The molecule has 1 aromatic carbocycles. The summed E-state index contributed by atoms with van der Waals surface area (Å²) in [7, 11) is 0. The van der Waals surface area contributed by atoms with E-state index in [-0.39, 0.29) is 35.5 Å². The van der Waals surface area contributed by atoms with E-state index in [0.717, 1.165) is 25.3 Å². The molecule has 5 nitrogen and oxygen atoms in total. The van der Waals surface area contributed by atoms with E-state index in [1.807, 2.05) is 17.0 Å². The van der Waals surface area contributed by atoms with Crippen molar-refractivity contribution in [1.82, 2.24) is 9.97 Å². The van der Waals surface area contributed by atoms with Crippen LogP contribution in [0.15, 0.2) is 36.5 Å². The summed E-state index contributed by atoms with van der Waals surface area (Å²) in [6.45, 7) is 1.03. The average molecular weight is 404 g/mol. The van der Waals surface area contributed by atoms with Crippen LogP contribution in [0, 0.1) is 5.41 Å². The lowest BCUT2D eigenvalue weighted by atomic mass is 9.73. The van der Waals surface area contributed by atoms with Crippen LogP contribution in [-0.4, -0.2) is 34.3 Å². The Morgan fingerprint density at radius 3 is 2.62 bits per heavy atom. The zero-order chi connectivity index (χ0) is 20.6. The van der Waals surface area contributed by atoms with Crippen molar-refractivity contribution in [2.24, 2.45) is 11.1 Å². The zero-order valence-electron chi connectivity index (χ0n) is 15.9. The lowest BCUT2D eigenvalue weighted by molar-refractivity contribution is -0.0790. The topological polar surface area (TPSA) is 75.3 Å². The van der Waals surface area contributed by atoms with Gasteiger partial charge < -0.3 is 15.7 Å². The second-order valence-corrected chi connectivity index (χ2v) is 7.80. The molecular weight excluding hydrogens is 381 g/mol. The summed E-state index contributed by atoms with van der Waals surface area (Å²) in [5.74, 6) is 0.524. The van der Waals surface area contributed by atoms with Gasteiger partial charge in [-0.05, 0) is 41.9 Å². The highest BCUT2D eigenvalue weighted by molar-refractivity contribution is 5.51. The maximum Gasteiger partial charge on any atom is 0.409 e. The predicted molar refractivity (Wildman–Crippen MR) is 104 cm³/mol. The van der Waals surface area contributed by atoms with Crippen molar-refractivity contribution in [2.75, 3.05) is 18.0 Å². The number of rotatable bonds is 3. The van der Waals surface area contributed by atoms with Crippen LogP contribution in [0.25, 0.3) is 6.08 Å². The van der Waals surface area contributed by atoms with Crippen LogP contribution in [0.4, 0.5) is 19.0 Å². The van der Waals surface area contributed by atoms with E-state index >= 15 is 0 Å². The molecule has 0 radical (unpaired) electrons. The number of aliphatic hydroxyl groups excluding tert-OH is 1. The fourth-order valence-corrected chi connectivity index (χ4v) is 4.54. The highest BCUT2D eigenvalue weighted by Crippen LogP contribution is 2.50. The van der Waals surface area contributed by atoms with Crippen LogP contribution in [0.3, 0.4) is 0 Å². The van der Waals surface area contributed by atoms with Crippen molar-refractivity contribution in [3.63, 3.8) is 0 Å². The average Bonchev–Trinajstić information content (AvgIpc) is 2.98. The first-order valence-corrected chi connectivity index (χ1v) is 9.62. The predicted octanol–water partition coefficient (Wildman–Crippen LogP) is 3.39. The fraction of sp³-hybridized carbons (Fsp3) is 0.429. The molecule has 0 amide bonds. The molecular formula is C21H23F3N4O. The Balaban J connectivity index is 1.50. The van der Waals surface area contributed by atoms with Gasteiger partial charge in [-0.25, -0.2) is 9.97 Å². The van der Waals surface area contributed by atoms with E-state index in [0.29, 0.717) is 18.9 Å². The molecule has 1 atom stereocenters. The largest absolute Gasteiger partial charge is 0.409 e. The molecule has 2 aliphatic rings. The van der Waals surface area contributed by atoms with Crippen molar-refractivity contribution in [3.8, 4) is 0 Å². The molecule has 1 spiro atoms. The van der Waals surface area contributed by atoms with Crippen molar-refractivity contribution in [3.05, 3.63) is 59.1 Å². The minimum absolute atomic E-state index is 0.000807. The Bertz CT molecular complexity index is 920.